The van der Waals surface area contributed by atoms with Gasteiger partial charge in [-0.3, -0.25) is 9.69 Å². The molecule has 0 bridgehead atoms. The molecule has 0 radical (unpaired) electrons. The molecule has 0 aliphatic heterocycles. The Morgan fingerprint density at radius 3 is 2.59 bits per heavy atom. The molecule has 17 heavy (non-hydrogen) atoms. The van der Waals surface area contributed by atoms with Crippen molar-refractivity contribution in [2.75, 3.05) is 13.1 Å². The standard InChI is InChI=1S/C12H20N2O3/c1-5-14(6-8(2)12(15)16)7-11-13-9(3)10(4)17-11/h8H,5-7H2,1-4H3,(H,15,16). The van der Waals surface area contributed by atoms with Crippen LogP contribution in [-0.2, 0) is 11.3 Å². The molecule has 0 saturated heterocycles. The number of hydrogen-bond donors (Lipinski definition) is 1. The summed E-state index contributed by atoms with van der Waals surface area (Å²) in [5, 5.41) is 8.87. The molecule has 1 atom stereocenters. The number of carboxylic acids is 1. The highest BCUT2D eigenvalue weighted by atomic mass is 16.4. The van der Waals surface area contributed by atoms with Gasteiger partial charge < -0.3 is 9.52 Å². The summed E-state index contributed by atoms with van der Waals surface area (Å²) in [6.45, 7) is 9.32. The first-order valence-electron chi connectivity index (χ1n) is 5.82. The van der Waals surface area contributed by atoms with Gasteiger partial charge in [0, 0.05) is 6.54 Å². The first-order chi connectivity index (χ1) is 7.93. The first kappa shape index (κ1) is 13.7. The van der Waals surface area contributed by atoms with Crippen LogP contribution in [0.2, 0.25) is 0 Å². The number of hydrogen-bond acceptors (Lipinski definition) is 4. The van der Waals surface area contributed by atoms with Crippen LogP contribution in [0, 0.1) is 19.8 Å². The highest BCUT2D eigenvalue weighted by Crippen LogP contribution is 2.11. The van der Waals surface area contributed by atoms with Crippen LogP contribution in [0.4, 0.5) is 0 Å². The number of rotatable bonds is 6. The van der Waals surface area contributed by atoms with Crippen LogP contribution in [0.25, 0.3) is 0 Å². The van der Waals surface area contributed by atoms with E-state index in [0.29, 0.717) is 19.0 Å². The number of aliphatic carboxylic acids is 1. The van der Waals surface area contributed by atoms with Crippen LogP contribution in [0.3, 0.4) is 0 Å². The molecule has 1 aromatic rings. The zero-order valence-corrected chi connectivity index (χ0v) is 10.9. The Balaban J connectivity index is 2.60. The molecule has 1 rings (SSSR count). The summed E-state index contributed by atoms with van der Waals surface area (Å²) in [5.74, 6) is 0.317. The molecule has 1 heterocycles. The molecule has 0 spiro atoms. The van der Waals surface area contributed by atoms with Crippen molar-refractivity contribution in [3.05, 3.63) is 17.3 Å². The second-order valence-electron chi connectivity index (χ2n) is 4.32. The fourth-order valence-corrected chi connectivity index (χ4v) is 1.57. The van der Waals surface area contributed by atoms with Crippen LogP contribution in [0.15, 0.2) is 4.42 Å². The maximum atomic E-state index is 10.8. The van der Waals surface area contributed by atoms with E-state index in [1.54, 1.807) is 6.92 Å². The SMILES string of the molecule is CCN(Cc1nc(C)c(C)o1)CC(C)C(=O)O. The molecule has 5 nitrogen and oxygen atoms in total. The average molecular weight is 240 g/mol. The number of aromatic nitrogens is 1. The van der Waals surface area contributed by atoms with Gasteiger partial charge in [0.1, 0.15) is 5.76 Å². The van der Waals surface area contributed by atoms with E-state index in [2.05, 4.69) is 4.98 Å². The number of oxazole rings is 1. The van der Waals surface area contributed by atoms with Crippen molar-refractivity contribution < 1.29 is 14.3 Å². The van der Waals surface area contributed by atoms with Gasteiger partial charge in [-0.15, -0.1) is 0 Å². The van der Waals surface area contributed by atoms with Gasteiger partial charge in [0.05, 0.1) is 18.2 Å². The third-order valence-corrected chi connectivity index (χ3v) is 2.83. The summed E-state index contributed by atoms with van der Waals surface area (Å²) >= 11 is 0. The molecular formula is C12H20N2O3. The zero-order valence-electron chi connectivity index (χ0n) is 10.9. The molecule has 5 heteroatoms. The van der Waals surface area contributed by atoms with Crippen molar-refractivity contribution in [1.29, 1.82) is 0 Å². The third kappa shape index (κ3) is 3.85. The molecule has 96 valence electrons. The smallest absolute Gasteiger partial charge is 0.307 e. The predicted octanol–water partition coefficient (Wildman–Crippen LogP) is 1.83. The van der Waals surface area contributed by atoms with Gasteiger partial charge >= 0.3 is 5.97 Å². The van der Waals surface area contributed by atoms with E-state index in [1.165, 1.54) is 0 Å². The molecule has 0 saturated carbocycles. The van der Waals surface area contributed by atoms with Crippen LogP contribution in [-0.4, -0.2) is 34.0 Å². The van der Waals surface area contributed by atoms with E-state index < -0.39 is 5.97 Å². The second kappa shape index (κ2) is 5.82. The van der Waals surface area contributed by atoms with E-state index in [4.69, 9.17) is 9.52 Å². The third-order valence-electron chi connectivity index (χ3n) is 2.83. The topological polar surface area (TPSA) is 66.6 Å². The van der Waals surface area contributed by atoms with Gasteiger partial charge in [-0.05, 0) is 20.4 Å². The Hall–Kier alpha value is -1.36. The van der Waals surface area contributed by atoms with Crippen molar-refractivity contribution >= 4 is 5.97 Å². The molecule has 0 amide bonds. The lowest BCUT2D eigenvalue weighted by molar-refractivity contribution is -0.141. The summed E-state index contributed by atoms with van der Waals surface area (Å²) in [4.78, 5) is 17.1. The lowest BCUT2D eigenvalue weighted by Gasteiger charge is -2.20. The van der Waals surface area contributed by atoms with Gasteiger partial charge in [0.15, 0.2) is 0 Å². The van der Waals surface area contributed by atoms with Crippen LogP contribution in [0.1, 0.15) is 31.2 Å². The minimum absolute atomic E-state index is 0.382. The largest absolute Gasteiger partial charge is 0.481 e. The average Bonchev–Trinajstić information content (AvgIpc) is 2.56. The number of aryl methyl sites for hydroxylation is 2. The highest BCUT2D eigenvalue weighted by Gasteiger charge is 2.17. The molecule has 1 aromatic heterocycles. The van der Waals surface area contributed by atoms with Crippen molar-refractivity contribution in [2.24, 2.45) is 5.92 Å². The summed E-state index contributed by atoms with van der Waals surface area (Å²) < 4.78 is 5.49. The number of carbonyl (C=O) groups is 1. The van der Waals surface area contributed by atoms with Crippen molar-refractivity contribution in [1.82, 2.24) is 9.88 Å². The maximum Gasteiger partial charge on any atom is 0.307 e. The molecule has 0 aliphatic carbocycles. The monoisotopic (exact) mass is 240 g/mol. The van der Waals surface area contributed by atoms with Gasteiger partial charge in [0.2, 0.25) is 5.89 Å². The Kier molecular flexibility index (Phi) is 4.69. The Bertz CT molecular complexity index is 368. The van der Waals surface area contributed by atoms with Gasteiger partial charge in [-0.1, -0.05) is 13.8 Å². The summed E-state index contributed by atoms with van der Waals surface area (Å²) in [6.07, 6.45) is 0. The van der Waals surface area contributed by atoms with E-state index in [0.717, 1.165) is 18.0 Å². The molecule has 1 N–H and O–H groups in total. The van der Waals surface area contributed by atoms with Gasteiger partial charge in [-0.2, -0.15) is 0 Å². The lowest BCUT2D eigenvalue weighted by Crippen LogP contribution is -2.31. The summed E-state index contributed by atoms with van der Waals surface area (Å²) in [7, 11) is 0. The minimum Gasteiger partial charge on any atom is -0.481 e. The normalized spacial score (nSPS) is 13.0. The zero-order chi connectivity index (χ0) is 13.0. The van der Waals surface area contributed by atoms with Crippen molar-refractivity contribution in [3.63, 3.8) is 0 Å². The molecule has 1 unspecified atom stereocenters. The summed E-state index contributed by atoms with van der Waals surface area (Å²) in [5.41, 5.74) is 0.891. The minimum atomic E-state index is -0.775. The van der Waals surface area contributed by atoms with Crippen LogP contribution in [0.5, 0.6) is 0 Å². The van der Waals surface area contributed by atoms with Gasteiger partial charge in [-0.25, -0.2) is 4.98 Å². The highest BCUT2D eigenvalue weighted by molar-refractivity contribution is 5.69. The Labute approximate surface area is 101 Å². The lowest BCUT2D eigenvalue weighted by atomic mass is 10.2. The van der Waals surface area contributed by atoms with Gasteiger partial charge in [0.25, 0.3) is 0 Å². The fourth-order valence-electron chi connectivity index (χ4n) is 1.57. The van der Waals surface area contributed by atoms with Crippen LogP contribution < -0.4 is 0 Å². The molecule has 0 aromatic carbocycles. The molecular weight excluding hydrogens is 220 g/mol. The van der Waals surface area contributed by atoms with E-state index in [-0.39, 0.29) is 5.92 Å². The van der Waals surface area contributed by atoms with E-state index in [1.807, 2.05) is 25.7 Å². The van der Waals surface area contributed by atoms with E-state index >= 15 is 0 Å². The Morgan fingerprint density at radius 1 is 1.53 bits per heavy atom. The maximum absolute atomic E-state index is 10.8. The summed E-state index contributed by atoms with van der Waals surface area (Å²) in [6, 6.07) is 0. The van der Waals surface area contributed by atoms with Crippen molar-refractivity contribution in [2.45, 2.75) is 34.2 Å². The molecule has 0 fully saturated rings. The predicted molar refractivity (Wildman–Crippen MR) is 63.7 cm³/mol. The first-order valence-corrected chi connectivity index (χ1v) is 5.82. The number of nitrogens with zero attached hydrogens (tertiary/aromatic N) is 2. The van der Waals surface area contributed by atoms with Crippen molar-refractivity contribution in [3.8, 4) is 0 Å². The van der Waals surface area contributed by atoms with Crippen LogP contribution >= 0.6 is 0 Å². The van der Waals surface area contributed by atoms with E-state index in [9.17, 15) is 4.79 Å². The quantitative estimate of drug-likeness (QED) is 0.821. The Morgan fingerprint density at radius 2 is 2.18 bits per heavy atom. The molecule has 0 aliphatic rings. The number of carboxylic acid groups (broad SMARTS) is 1. The second-order valence-corrected chi connectivity index (χ2v) is 4.32. The fraction of sp³-hybridized carbons (Fsp3) is 0.667.